The predicted molar refractivity (Wildman–Crippen MR) is 88.7 cm³/mol. The van der Waals surface area contributed by atoms with Crippen molar-refractivity contribution >= 4 is 22.3 Å². The molecule has 3 aromatic rings. The van der Waals surface area contributed by atoms with Gasteiger partial charge < -0.3 is 5.11 Å². The van der Waals surface area contributed by atoms with E-state index >= 15 is 0 Å². The lowest BCUT2D eigenvalue weighted by molar-refractivity contribution is -0.136. The molecule has 114 valence electrons. The Balaban J connectivity index is 2.06. The van der Waals surface area contributed by atoms with Crippen molar-refractivity contribution in [1.82, 2.24) is 9.38 Å². The van der Waals surface area contributed by atoms with Gasteiger partial charge in [-0.2, -0.15) is 0 Å². The highest BCUT2D eigenvalue weighted by atomic mass is 32.1. The first kappa shape index (κ1) is 14.8. The minimum absolute atomic E-state index is 0.0168. The lowest BCUT2D eigenvalue weighted by atomic mass is 10.0. The molecular weight excluding hydrogens is 296 g/mol. The normalized spacial score (nSPS) is 11.5. The van der Waals surface area contributed by atoms with E-state index in [1.807, 2.05) is 16.7 Å². The average molecular weight is 314 g/mol. The first-order valence-corrected chi connectivity index (χ1v) is 8.13. The highest BCUT2D eigenvalue weighted by Gasteiger charge is 2.16. The highest BCUT2D eigenvalue weighted by molar-refractivity contribution is 7.15. The summed E-state index contributed by atoms with van der Waals surface area (Å²) >= 11 is 1.48. The van der Waals surface area contributed by atoms with Crippen LogP contribution in [0.4, 0.5) is 0 Å². The number of aryl methyl sites for hydroxylation is 1. The molecule has 2 heterocycles. The van der Waals surface area contributed by atoms with Crippen molar-refractivity contribution < 1.29 is 9.90 Å². The molecule has 0 aliphatic carbocycles. The van der Waals surface area contributed by atoms with Crippen LogP contribution in [-0.2, 0) is 11.2 Å². The van der Waals surface area contributed by atoms with E-state index in [0.717, 1.165) is 27.6 Å². The molecule has 3 rings (SSSR count). The fourth-order valence-corrected chi connectivity index (χ4v) is 3.58. The van der Waals surface area contributed by atoms with Gasteiger partial charge in [0.1, 0.15) is 0 Å². The zero-order valence-corrected chi connectivity index (χ0v) is 13.6. The summed E-state index contributed by atoms with van der Waals surface area (Å²) in [7, 11) is 0. The van der Waals surface area contributed by atoms with E-state index in [1.54, 1.807) is 0 Å². The van der Waals surface area contributed by atoms with Gasteiger partial charge in [-0.15, -0.1) is 11.3 Å². The van der Waals surface area contributed by atoms with Crippen LogP contribution in [-0.4, -0.2) is 20.5 Å². The molecule has 4 nitrogen and oxygen atoms in total. The molecule has 1 N–H and O–H groups in total. The van der Waals surface area contributed by atoms with Crippen LogP contribution in [0.3, 0.4) is 0 Å². The van der Waals surface area contributed by atoms with Gasteiger partial charge in [-0.05, 0) is 18.4 Å². The van der Waals surface area contributed by atoms with Crippen molar-refractivity contribution in [2.45, 2.75) is 33.1 Å². The fourth-order valence-electron chi connectivity index (χ4n) is 2.64. The van der Waals surface area contributed by atoms with Crippen LogP contribution in [0.1, 0.15) is 36.7 Å². The fraction of sp³-hybridized carbons (Fsp3) is 0.294. The van der Waals surface area contributed by atoms with Crippen molar-refractivity contribution in [1.29, 1.82) is 0 Å². The second-order valence-electron chi connectivity index (χ2n) is 5.74. The maximum atomic E-state index is 11.0. The molecule has 0 aliphatic rings. The summed E-state index contributed by atoms with van der Waals surface area (Å²) in [5.74, 6) is -0.321. The molecule has 0 fully saturated rings. The van der Waals surface area contributed by atoms with E-state index < -0.39 is 5.97 Å². The Bertz CT molecular complexity index is 828. The summed E-state index contributed by atoms with van der Waals surface area (Å²) in [6, 6.07) is 8.44. The number of carboxylic acid groups (broad SMARTS) is 1. The highest BCUT2D eigenvalue weighted by Crippen LogP contribution is 2.29. The van der Waals surface area contributed by atoms with Gasteiger partial charge in [-0.3, -0.25) is 9.20 Å². The van der Waals surface area contributed by atoms with Crippen molar-refractivity contribution in [3.63, 3.8) is 0 Å². The maximum Gasteiger partial charge on any atom is 0.309 e. The van der Waals surface area contributed by atoms with Crippen LogP contribution < -0.4 is 0 Å². The number of nitrogens with zero attached hydrogens (tertiary/aromatic N) is 2. The first-order valence-electron chi connectivity index (χ1n) is 7.25. The molecule has 2 aromatic heterocycles. The van der Waals surface area contributed by atoms with Gasteiger partial charge in [-0.25, -0.2) is 4.98 Å². The summed E-state index contributed by atoms with van der Waals surface area (Å²) in [5.41, 5.74) is 5.06. The minimum atomic E-state index is -0.823. The molecule has 0 spiro atoms. The Hall–Kier alpha value is -2.14. The molecule has 5 heteroatoms. The summed E-state index contributed by atoms with van der Waals surface area (Å²) in [6.07, 6.45) is 0.0168. The van der Waals surface area contributed by atoms with Crippen LogP contribution >= 0.6 is 11.3 Å². The standard InChI is InChI=1S/C17H18N2O2S/c1-10(2)12-4-6-13(7-5-12)16-11(3)19-14(8-15(20)21)9-22-17(19)18-16/h4-7,9-10H,8H2,1-3H3,(H,20,21). The topological polar surface area (TPSA) is 54.6 Å². The lowest BCUT2D eigenvalue weighted by Gasteiger charge is -2.06. The molecule has 0 atom stereocenters. The molecular formula is C17H18N2O2S. The zero-order chi connectivity index (χ0) is 15.9. The van der Waals surface area contributed by atoms with Gasteiger partial charge in [0.05, 0.1) is 12.1 Å². The van der Waals surface area contributed by atoms with Crippen LogP contribution in [0.25, 0.3) is 16.2 Å². The van der Waals surface area contributed by atoms with Gasteiger partial charge in [0, 0.05) is 22.3 Å². The van der Waals surface area contributed by atoms with Gasteiger partial charge in [0.25, 0.3) is 0 Å². The van der Waals surface area contributed by atoms with Gasteiger partial charge in [-0.1, -0.05) is 38.1 Å². The van der Waals surface area contributed by atoms with E-state index in [2.05, 4.69) is 43.1 Å². The van der Waals surface area contributed by atoms with Crippen molar-refractivity contribution in [3.8, 4) is 11.3 Å². The molecule has 0 unspecified atom stereocenters. The number of carbonyl (C=O) groups is 1. The molecule has 0 saturated carbocycles. The lowest BCUT2D eigenvalue weighted by Crippen LogP contribution is -2.03. The molecule has 0 amide bonds. The zero-order valence-electron chi connectivity index (χ0n) is 12.8. The second-order valence-corrected chi connectivity index (χ2v) is 6.57. The number of hydrogen-bond donors (Lipinski definition) is 1. The molecule has 0 radical (unpaired) electrons. The number of imidazole rings is 1. The Kier molecular flexibility index (Phi) is 3.74. The number of fused-ring (bicyclic) bond motifs is 1. The van der Waals surface area contributed by atoms with Gasteiger partial charge >= 0.3 is 5.97 Å². The molecule has 22 heavy (non-hydrogen) atoms. The van der Waals surface area contributed by atoms with Crippen LogP contribution in [0.5, 0.6) is 0 Å². The quantitative estimate of drug-likeness (QED) is 0.788. The number of aromatic nitrogens is 2. The van der Waals surface area contributed by atoms with Crippen molar-refractivity contribution in [3.05, 3.63) is 46.6 Å². The molecule has 0 aliphatic heterocycles. The molecule has 1 aromatic carbocycles. The van der Waals surface area contributed by atoms with E-state index in [4.69, 9.17) is 5.11 Å². The minimum Gasteiger partial charge on any atom is -0.481 e. The number of carboxylic acids is 1. The number of benzene rings is 1. The summed E-state index contributed by atoms with van der Waals surface area (Å²) in [6.45, 7) is 6.33. The number of rotatable bonds is 4. The maximum absolute atomic E-state index is 11.0. The van der Waals surface area contributed by atoms with Crippen LogP contribution in [0.15, 0.2) is 29.6 Å². The summed E-state index contributed by atoms with van der Waals surface area (Å²) in [4.78, 5) is 16.5. The van der Waals surface area contributed by atoms with E-state index in [1.165, 1.54) is 16.9 Å². The average Bonchev–Trinajstić information content (AvgIpc) is 3.00. The third kappa shape index (κ3) is 2.52. The largest absolute Gasteiger partial charge is 0.481 e. The predicted octanol–water partition coefficient (Wildman–Crippen LogP) is 4.12. The first-order chi connectivity index (χ1) is 10.5. The monoisotopic (exact) mass is 314 g/mol. The van der Waals surface area contributed by atoms with Crippen LogP contribution in [0.2, 0.25) is 0 Å². The van der Waals surface area contributed by atoms with Crippen LogP contribution in [0, 0.1) is 6.92 Å². The summed E-state index contributed by atoms with van der Waals surface area (Å²) in [5, 5.41) is 10.9. The van der Waals surface area contributed by atoms with Gasteiger partial charge in [0.15, 0.2) is 4.96 Å². The second kappa shape index (κ2) is 5.57. The smallest absolute Gasteiger partial charge is 0.309 e. The number of thiazole rings is 1. The third-order valence-corrected chi connectivity index (χ3v) is 4.72. The van der Waals surface area contributed by atoms with E-state index in [9.17, 15) is 4.79 Å². The Morgan fingerprint density at radius 2 is 2.00 bits per heavy atom. The Morgan fingerprint density at radius 1 is 1.32 bits per heavy atom. The number of aliphatic carboxylic acids is 1. The van der Waals surface area contributed by atoms with Gasteiger partial charge in [0.2, 0.25) is 0 Å². The SMILES string of the molecule is Cc1c(-c2ccc(C(C)C)cc2)nc2scc(CC(=O)O)n12. The number of hydrogen-bond acceptors (Lipinski definition) is 3. The Morgan fingerprint density at radius 3 is 2.59 bits per heavy atom. The van der Waals surface area contributed by atoms with Crippen molar-refractivity contribution in [2.75, 3.05) is 0 Å². The molecule has 0 bridgehead atoms. The molecule has 0 saturated heterocycles. The third-order valence-electron chi connectivity index (χ3n) is 3.85. The van der Waals surface area contributed by atoms with E-state index in [-0.39, 0.29) is 6.42 Å². The van der Waals surface area contributed by atoms with Crippen molar-refractivity contribution in [2.24, 2.45) is 0 Å². The van der Waals surface area contributed by atoms with E-state index in [0.29, 0.717) is 5.92 Å². The Labute approximate surface area is 133 Å². The summed E-state index contributed by atoms with van der Waals surface area (Å²) < 4.78 is 1.95.